The van der Waals surface area contributed by atoms with E-state index >= 15 is 0 Å². The Labute approximate surface area is 90.7 Å². The first kappa shape index (κ1) is 10.7. The van der Waals surface area contributed by atoms with Crippen molar-refractivity contribution in [1.29, 1.82) is 0 Å². The molecule has 4 nitrogen and oxygen atoms in total. The summed E-state index contributed by atoms with van der Waals surface area (Å²) >= 11 is 0. The lowest BCUT2D eigenvalue weighted by Gasteiger charge is -2.00. The molecular formula is C10H10F2N4. The van der Waals surface area contributed by atoms with E-state index in [0.717, 1.165) is 6.07 Å². The Balaban J connectivity index is 2.42. The van der Waals surface area contributed by atoms with E-state index < -0.39 is 11.6 Å². The predicted molar refractivity (Wildman–Crippen MR) is 53.9 cm³/mol. The molecule has 1 aromatic heterocycles. The minimum absolute atomic E-state index is 0.271. The molecule has 0 aliphatic heterocycles. The van der Waals surface area contributed by atoms with E-state index in [2.05, 4.69) is 10.3 Å². The van der Waals surface area contributed by atoms with E-state index in [1.54, 1.807) is 13.1 Å². The van der Waals surface area contributed by atoms with Crippen molar-refractivity contribution < 1.29 is 8.78 Å². The van der Waals surface area contributed by atoms with Gasteiger partial charge in [0.25, 0.3) is 0 Å². The Morgan fingerprint density at radius 1 is 1.25 bits per heavy atom. The van der Waals surface area contributed by atoms with Crippen molar-refractivity contribution >= 4 is 0 Å². The smallest absolute Gasteiger partial charge is 0.128 e. The third kappa shape index (κ3) is 2.06. The SMILES string of the molecule is CC(N)c1cn(-c2cc(F)cc(F)c2)nn1. The van der Waals surface area contributed by atoms with Crippen molar-refractivity contribution in [2.24, 2.45) is 5.73 Å². The molecule has 2 aromatic rings. The van der Waals surface area contributed by atoms with Crippen LogP contribution < -0.4 is 5.73 Å². The Kier molecular flexibility index (Phi) is 2.66. The van der Waals surface area contributed by atoms with Crippen LogP contribution in [-0.2, 0) is 0 Å². The zero-order chi connectivity index (χ0) is 11.7. The van der Waals surface area contributed by atoms with Crippen LogP contribution in [0.5, 0.6) is 0 Å². The second-order valence-electron chi connectivity index (χ2n) is 3.50. The molecule has 2 rings (SSSR count). The summed E-state index contributed by atoms with van der Waals surface area (Å²) in [7, 11) is 0. The number of benzene rings is 1. The van der Waals surface area contributed by atoms with Gasteiger partial charge in [0.05, 0.1) is 17.6 Å². The van der Waals surface area contributed by atoms with Crippen LogP contribution in [0.2, 0.25) is 0 Å². The number of hydrogen-bond acceptors (Lipinski definition) is 3. The number of nitrogens with zero attached hydrogens (tertiary/aromatic N) is 3. The predicted octanol–water partition coefficient (Wildman–Crippen LogP) is 1.57. The van der Waals surface area contributed by atoms with Crippen LogP contribution in [0.3, 0.4) is 0 Å². The molecule has 1 atom stereocenters. The van der Waals surface area contributed by atoms with Crippen LogP contribution in [0.1, 0.15) is 18.7 Å². The normalized spacial score (nSPS) is 12.8. The van der Waals surface area contributed by atoms with E-state index in [0.29, 0.717) is 5.69 Å². The highest BCUT2D eigenvalue weighted by molar-refractivity contribution is 5.32. The molecule has 0 radical (unpaired) electrons. The molecule has 0 fully saturated rings. The second-order valence-corrected chi connectivity index (χ2v) is 3.50. The van der Waals surface area contributed by atoms with E-state index in [1.807, 2.05) is 0 Å². The van der Waals surface area contributed by atoms with Crippen LogP contribution in [-0.4, -0.2) is 15.0 Å². The topological polar surface area (TPSA) is 56.7 Å². The van der Waals surface area contributed by atoms with Crippen molar-refractivity contribution in [3.63, 3.8) is 0 Å². The molecule has 1 unspecified atom stereocenters. The minimum Gasteiger partial charge on any atom is -0.323 e. The zero-order valence-corrected chi connectivity index (χ0v) is 8.56. The van der Waals surface area contributed by atoms with E-state index in [9.17, 15) is 8.78 Å². The molecule has 6 heteroatoms. The van der Waals surface area contributed by atoms with Crippen LogP contribution in [0.15, 0.2) is 24.4 Å². The largest absolute Gasteiger partial charge is 0.323 e. The average Bonchev–Trinajstić information content (AvgIpc) is 2.64. The second kappa shape index (κ2) is 3.97. The molecule has 1 heterocycles. The van der Waals surface area contributed by atoms with Crippen LogP contribution in [0, 0.1) is 11.6 Å². The van der Waals surface area contributed by atoms with E-state index in [-0.39, 0.29) is 11.7 Å². The number of aromatic nitrogens is 3. The van der Waals surface area contributed by atoms with Gasteiger partial charge in [-0.05, 0) is 19.1 Å². The first-order valence-electron chi connectivity index (χ1n) is 4.70. The lowest BCUT2D eigenvalue weighted by molar-refractivity contribution is 0.579. The Hall–Kier alpha value is -1.82. The van der Waals surface area contributed by atoms with Gasteiger partial charge in [0.1, 0.15) is 11.6 Å². The fourth-order valence-corrected chi connectivity index (χ4v) is 1.28. The van der Waals surface area contributed by atoms with Gasteiger partial charge in [0, 0.05) is 12.1 Å². The summed E-state index contributed by atoms with van der Waals surface area (Å²) in [5.41, 5.74) is 6.44. The van der Waals surface area contributed by atoms with Crippen molar-refractivity contribution in [2.75, 3.05) is 0 Å². The van der Waals surface area contributed by atoms with Crippen LogP contribution >= 0.6 is 0 Å². The molecule has 84 valence electrons. The number of halogens is 2. The highest BCUT2D eigenvalue weighted by Gasteiger charge is 2.08. The van der Waals surface area contributed by atoms with E-state index in [4.69, 9.17) is 5.73 Å². The standard InChI is InChI=1S/C10H10F2N4/c1-6(13)10-5-16(15-14-10)9-3-7(11)2-8(12)4-9/h2-6H,13H2,1H3. The minimum atomic E-state index is -0.659. The van der Waals surface area contributed by atoms with Gasteiger partial charge < -0.3 is 5.73 Å². The molecule has 0 saturated heterocycles. The van der Waals surface area contributed by atoms with Gasteiger partial charge in [-0.15, -0.1) is 5.10 Å². The summed E-state index contributed by atoms with van der Waals surface area (Å²) < 4.78 is 27.2. The number of hydrogen-bond donors (Lipinski definition) is 1. The lowest BCUT2D eigenvalue weighted by Crippen LogP contribution is -2.04. The monoisotopic (exact) mass is 224 g/mol. The Morgan fingerprint density at radius 3 is 2.38 bits per heavy atom. The summed E-state index contributed by atoms with van der Waals surface area (Å²) in [5.74, 6) is -1.32. The van der Waals surface area contributed by atoms with Gasteiger partial charge in [0.2, 0.25) is 0 Å². The molecule has 1 aromatic carbocycles. The third-order valence-electron chi connectivity index (χ3n) is 2.09. The summed E-state index contributed by atoms with van der Waals surface area (Å²) in [4.78, 5) is 0. The fourth-order valence-electron chi connectivity index (χ4n) is 1.28. The summed E-state index contributed by atoms with van der Waals surface area (Å²) in [5, 5.41) is 7.54. The maximum atomic E-state index is 13.0. The molecular weight excluding hydrogens is 214 g/mol. The first-order valence-corrected chi connectivity index (χ1v) is 4.70. The third-order valence-corrected chi connectivity index (χ3v) is 2.09. The van der Waals surface area contributed by atoms with Crippen LogP contribution in [0.4, 0.5) is 8.78 Å². The van der Waals surface area contributed by atoms with Gasteiger partial charge in [-0.1, -0.05) is 5.21 Å². The quantitative estimate of drug-likeness (QED) is 0.842. The van der Waals surface area contributed by atoms with Gasteiger partial charge in [-0.25, -0.2) is 13.5 Å². The highest BCUT2D eigenvalue weighted by Crippen LogP contribution is 2.13. The lowest BCUT2D eigenvalue weighted by atomic mass is 10.3. The van der Waals surface area contributed by atoms with Gasteiger partial charge in [-0.3, -0.25) is 0 Å². The molecule has 0 bridgehead atoms. The maximum Gasteiger partial charge on any atom is 0.128 e. The first-order chi connectivity index (χ1) is 7.56. The van der Waals surface area contributed by atoms with Crippen LogP contribution in [0.25, 0.3) is 5.69 Å². The average molecular weight is 224 g/mol. The highest BCUT2D eigenvalue weighted by atomic mass is 19.1. The maximum absolute atomic E-state index is 13.0. The van der Waals surface area contributed by atoms with Crippen molar-refractivity contribution in [1.82, 2.24) is 15.0 Å². The number of rotatable bonds is 2. The molecule has 0 amide bonds. The Bertz CT molecular complexity index is 487. The Morgan fingerprint density at radius 2 is 1.88 bits per heavy atom. The van der Waals surface area contributed by atoms with Gasteiger partial charge in [-0.2, -0.15) is 0 Å². The zero-order valence-electron chi connectivity index (χ0n) is 8.56. The molecule has 2 N–H and O–H groups in total. The van der Waals surface area contributed by atoms with Crippen molar-refractivity contribution in [3.8, 4) is 5.69 Å². The molecule has 0 aliphatic rings. The molecule has 16 heavy (non-hydrogen) atoms. The summed E-state index contributed by atoms with van der Waals surface area (Å²) in [6.45, 7) is 1.75. The fraction of sp³-hybridized carbons (Fsp3) is 0.200. The summed E-state index contributed by atoms with van der Waals surface area (Å²) in [6.07, 6.45) is 1.54. The molecule has 0 aliphatic carbocycles. The molecule has 0 spiro atoms. The number of nitrogens with two attached hydrogens (primary N) is 1. The van der Waals surface area contributed by atoms with Gasteiger partial charge in [0.15, 0.2) is 0 Å². The van der Waals surface area contributed by atoms with Gasteiger partial charge >= 0.3 is 0 Å². The van der Waals surface area contributed by atoms with Crippen molar-refractivity contribution in [2.45, 2.75) is 13.0 Å². The van der Waals surface area contributed by atoms with E-state index in [1.165, 1.54) is 16.8 Å². The summed E-state index contributed by atoms with van der Waals surface area (Å²) in [6, 6.07) is 2.87. The molecule has 0 saturated carbocycles. The van der Waals surface area contributed by atoms with Crippen molar-refractivity contribution in [3.05, 3.63) is 41.7 Å².